The number of piperazine rings is 1. The first-order valence-electron chi connectivity index (χ1n) is 11.1. The maximum absolute atomic E-state index is 14.0. The summed E-state index contributed by atoms with van der Waals surface area (Å²) < 4.78 is 27.5. The molecule has 0 unspecified atom stereocenters. The SMILES string of the molecule is N#CCCCC(=O)N[C@H]1CC[C@H](CCN2CCN(c3cccc(F)c3F)CC2)CC1. The van der Waals surface area contributed by atoms with Crippen LogP contribution in [0.25, 0.3) is 0 Å². The van der Waals surface area contributed by atoms with Crippen molar-refractivity contribution >= 4 is 11.6 Å². The molecule has 1 heterocycles. The lowest BCUT2D eigenvalue weighted by Gasteiger charge is -2.37. The highest BCUT2D eigenvalue weighted by Crippen LogP contribution is 2.28. The van der Waals surface area contributed by atoms with Gasteiger partial charge in [0.15, 0.2) is 11.6 Å². The van der Waals surface area contributed by atoms with Gasteiger partial charge >= 0.3 is 0 Å². The second kappa shape index (κ2) is 11.3. The van der Waals surface area contributed by atoms with E-state index in [2.05, 4.69) is 16.3 Å². The van der Waals surface area contributed by atoms with Crippen LogP contribution in [0.2, 0.25) is 0 Å². The van der Waals surface area contributed by atoms with Crippen molar-refractivity contribution in [2.75, 3.05) is 37.6 Å². The average Bonchev–Trinajstić information content (AvgIpc) is 2.76. The predicted octanol–water partition coefficient (Wildman–Crippen LogP) is 3.85. The maximum Gasteiger partial charge on any atom is 0.220 e. The summed E-state index contributed by atoms with van der Waals surface area (Å²) in [6.07, 6.45) is 7.00. The largest absolute Gasteiger partial charge is 0.367 e. The Morgan fingerprint density at radius 3 is 2.57 bits per heavy atom. The summed E-state index contributed by atoms with van der Waals surface area (Å²) in [4.78, 5) is 16.2. The number of nitrogens with zero attached hydrogens (tertiary/aromatic N) is 3. The number of halogens is 2. The van der Waals surface area contributed by atoms with Gasteiger partial charge in [0.25, 0.3) is 0 Å². The highest BCUT2D eigenvalue weighted by Gasteiger charge is 2.24. The second-order valence-electron chi connectivity index (χ2n) is 8.49. The van der Waals surface area contributed by atoms with Crippen LogP contribution in [0.15, 0.2) is 18.2 Å². The number of hydrogen-bond acceptors (Lipinski definition) is 4. The Labute approximate surface area is 178 Å². The van der Waals surface area contributed by atoms with Gasteiger partial charge < -0.3 is 10.2 Å². The number of carbonyl (C=O) groups excluding carboxylic acids is 1. The number of anilines is 1. The standard InChI is InChI=1S/C23H32F2N4O/c24-20-4-3-5-21(23(20)25)29-16-14-28(15-17-29)13-11-18-7-9-19(10-8-18)27-22(30)6-1-2-12-26/h3-5,18-19H,1-2,6-11,13-17H2,(H,27,30)/t18-,19-. The number of hydrogen-bond donors (Lipinski definition) is 1. The molecule has 2 fully saturated rings. The molecule has 0 radical (unpaired) electrons. The molecule has 0 bridgehead atoms. The van der Waals surface area contributed by atoms with E-state index >= 15 is 0 Å². The number of amides is 1. The van der Waals surface area contributed by atoms with Gasteiger partial charge in [0.2, 0.25) is 5.91 Å². The monoisotopic (exact) mass is 418 g/mol. The molecule has 1 aromatic rings. The van der Waals surface area contributed by atoms with Crippen molar-refractivity contribution < 1.29 is 13.6 Å². The predicted molar refractivity (Wildman–Crippen MR) is 113 cm³/mol. The summed E-state index contributed by atoms with van der Waals surface area (Å²) >= 11 is 0. The molecule has 1 aromatic carbocycles. The molecule has 3 rings (SSSR count). The van der Waals surface area contributed by atoms with Gasteiger partial charge in [-0.15, -0.1) is 0 Å². The molecule has 0 aromatic heterocycles. The zero-order valence-corrected chi connectivity index (χ0v) is 17.6. The van der Waals surface area contributed by atoms with Gasteiger partial charge in [0.05, 0.1) is 11.8 Å². The molecule has 0 spiro atoms. The third-order valence-electron chi connectivity index (χ3n) is 6.40. The lowest BCUT2D eigenvalue weighted by Crippen LogP contribution is -2.47. The van der Waals surface area contributed by atoms with Crippen LogP contribution in [0, 0.1) is 28.9 Å². The van der Waals surface area contributed by atoms with E-state index in [1.807, 2.05) is 4.90 Å². The molecule has 1 saturated carbocycles. The number of nitrogens with one attached hydrogen (secondary N) is 1. The summed E-state index contributed by atoms with van der Waals surface area (Å²) in [5.41, 5.74) is 0.364. The molecule has 1 aliphatic heterocycles. The Kier molecular flexibility index (Phi) is 8.44. The van der Waals surface area contributed by atoms with E-state index in [4.69, 9.17) is 5.26 Å². The van der Waals surface area contributed by atoms with Crippen LogP contribution in [0.4, 0.5) is 14.5 Å². The number of benzene rings is 1. The summed E-state index contributed by atoms with van der Waals surface area (Å²) in [7, 11) is 0. The van der Waals surface area contributed by atoms with Crippen LogP contribution >= 0.6 is 0 Å². The smallest absolute Gasteiger partial charge is 0.220 e. The Bertz CT molecular complexity index is 735. The van der Waals surface area contributed by atoms with E-state index < -0.39 is 11.6 Å². The third-order valence-corrected chi connectivity index (χ3v) is 6.40. The second-order valence-corrected chi connectivity index (χ2v) is 8.49. The topological polar surface area (TPSA) is 59.4 Å². The fraction of sp³-hybridized carbons (Fsp3) is 0.652. The van der Waals surface area contributed by atoms with Crippen molar-refractivity contribution in [3.8, 4) is 6.07 Å². The van der Waals surface area contributed by atoms with Gasteiger partial charge in [-0.1, -0.05) is 6.07 Å². The van der Waals surface area contributed by atoms with Crippen LogP contribution in [0.3, 0.4) is 0 Å². The molecule has 30 heavy (non-hydrogen) atoms. The van der Waals surface area contributed by atoms with Gasteiger partial charge in [0, 0.05) is 45.1 Å². The Morgan fingerprint density at radius 1 is 1.13 bits per heavy atom. The van der Waals surface area contributed by atoms with Crippen molar-refractivity contribution in [3.05, 3.63) is 29.8 Å². The number of unbranched alkanes of at least 4 members (excludes halogenated alkanes) is 1. The first-order chi connectivity index (χ1) is 14.6. The van der Waals surface area contributed by atoms with Crippen LogP contribution in [-0.2, 0) is 4.79 Å². The van der Waals surface area contributed by atoms with Gasteiger partial charge in [0.1, 0.15) is 0 Å². The van der Waals surface area contributed by atoms with E-state index in [0.717, 1.165) is 57.8 Å². The average molecular weight is 419 g/mol. The molecule has 1 N–H and O–H groups in total. The zero-order valence-electron chi connectivity index (χ0n) is 17.6. The molecule has 2 aliphatic rings. The molecule has 1 amide bonds. The van der Waals surface area contributed by atoms with Gasteiger partial charge in [-0.25, -0.2) is 8.78 Å². The van der Waals surface area contributed by atoms with Crippen LogP contribution in [0.1, 0.15) is 51.4 Å². The molecule has 1 saturated heterocycles. The summed E-state index contributed by atoms with van der Waals surface area (Å²) in [5.74, 6) is -0.777. The van der Waals surface area contributed by atoms with E-state index in [-0.39, 0.29) is 11.9 Å². The summed E-state index contributed by atoms with van der Waals surface area (Å²) in [6.45, 7) is 4.19. The minimum atomic E-state index is -0.788. The lowest BCUT2D eigenvalue weighted by atomic mass is 9.84. The van der Waals surface area contributed by atoms with Crippen molar-refractivity contribution in [1.29, 1.82) is 5.26 Å². The van der Waals surface area contributed by atoms with E-state index in [0.29, 0.717) is 44.0 Å². The molecule has 164 valence electrons. The fourth-order valence-electron chi connectivity index (χ4n) is 4.54. The van der Waals surface area contributed by atoms with Crippen molar-refractivity contribution in [2.24, 2.45) is 5.92 Å². The lowest BCUT2D eigenvalue weighted by molar-refractivity contribution is -0.122. The minimum absolute atomic E-state index is 0.0707. The molecule has 5 nitrogen and oxygen atoms in total. The van der Waals surface area contributed by atoms with E-state index in [1.165, 1.54) is 0 Å². The minimum Gasteiger partial charge on any atom is -0.367 e. The number of rotatable bonds is 8. The van der Waals surface area contributed by atoms with Crippen LogP contribution < -0.4 is 10.2 Å². The first kappa shape index (κ1) is 22.5. The first-order valence-corrected chi connectivity index (χ1v) is 11.1. The molecule has 7 heteroatoms. The van der Waals surface area contributed by atoms with Crippen LogP contribution in [0.5, 0.6) is 0 Å². The van der Waals surface area contributed by atoms with E-state index in [9.17, 15) is 13.6 Å². The maximum atomic E-state index is 14.0. The quantitative estimate of drug-likeness (QED) is 0.652. The molecule has 1 aliphatic carbocycles. The zero-order chi connectivity index (χ0) is 21.3. The van der Waals surface area contributed by atoms with Gasteiger partial charge in [-0.05, 0) is 63.1 Å². The highest BCUT2D eigenvalue weighted by atomic mass is 19.2. The van der Waals surface area contributed by atoms with Gasteiger partial charge in [-0.3, -0.25) is 9.69 Å². The molecular weight excluding hydrogens is 386 g/mol. The van der Waals surface area contributed by atoms with Gasteiger partial charge in [-0.2, -0.15) is 5.26 Å². The number of nitriles is 1. The fourth-order valence-corrected chi connectivity index (χ4v) is 4.54. The summed E-state index contributed by atoms with van der Waals surface area (Å²) in [6, 6.07) is 6.71. The molecule has 0 atom stereocenters. The van der Waals surface area contributed by atoms with Crippen molar-refractivity contribution in [1.82, 2.24) is 10.2 Å². The van der Waals surface area contributed by atoms with Crippen molar-refractivity contribution in [2.45, 2.75) is 57.4 Å². The van der Waals surface area contributed by atoms with Crippen molar-refractivity contribution in [3.63, 3.8) is 0 Å². The number of carbonyl (C=O) groups is 1. The summed E-state index contributed by atoms with van der Waals surface area (Å²) in [5, 5.41) is 11.7. The third kappa shape index (κ3) is 6.40. The molecular formula is C23H32F2N4O. The normalized spacial score (nSPS) is 22.5. The Balaban J connectivity index is 1.32. The Morgan fingerprint density at radius 2 is 1.87 bits per heavy atom. The Hall–Kier alpha value is -2.20. The van der Waals surface area contributed by atoms with E-state index in [1.54, 1.807) is 12.1 Å². The highest BCUT2D eigenvalue weighted by molar-refractivity contribution is 5.76. The van der Waals surface area contributed by atoms with Crippen LogP contribution in [-0.4, -0.2) is 49.6 Å².